The first-order chi connectivity index (χ1) is 9.49. The summed E-state index contributed by atoms with van der Waals surface area (Å²) in [6, 6.07) is 10.7. The summed E-state index contributed by atoms with van der Waals surface area (Å²) < 4.78 is 18.5. The topological polar surface area (TPSA) is 29.5 Å². The fourth-order valence-electron chi connectivity index (χ4n) is 2.42. The molecule has 0 spiro atoms. The van der Waals surface area contributed by atoms with E-state index >= 15 is 0 Å². The molecule has 2 aromatic rings. The predicted octanol–water partition coefficient (Wildman–Crippen LogP) is 3.73. The number of hydrogen-bond acceptors (Lipinski definition) is 2. The number of hydrogen-bond donors (Lipinski definition) is 1. The molecule has 0 bridgehead atoms. The Bertz CT molecular complexity index is 588. The van der Waals surface area contributed by atoms with Crippen molar-refractivity contribution >= 4 is 0 Å². The molecule has 20 heavy (non-hydrogen) atoms. The molecule has 1 N–H and O–H groups in total. The molecule has 0 aliphatic rings. The zero-order chi connectivity index (χ0) is 14.7. The van der Waals surface area contributed by atoms with Crippen LogP contribution in [0.1, 0.15) is 28.4 Å². The Morgan fingerprint density at radius 3 is 2.30 bits per heavy atom. The number of benzene rings is 2. The lowest BCUT2D eigenvalue weighted by Crippen LogP contribution is -2.03. The SMILES string of the molecule is COc1ccc(C(O)Cc2cc(C)cc(C)c2)cc1F. The molecular weight excluding hydrogens is 255 g/mol. The highest BCUT2D eigenvalue weighted by Crippen LogP contribution is 2.24. The number of aryl methyl sites for hydroxylation is 2. The molecule has 2 rings (SSSR count). The van der Waals surface area contributed by atoms with E-state index in [2.05, 4.69) is 6.07 Å². The minimum Gasteiger partial charge on any atom is -0.494 e. The molecule has 0 heterocycles. The van der Waals surface area contributed by atoms with Gasteiger partial charge >= 0.3 is 0 Å². The fourth-order valence-corrected chi connectivity index (χ4v) is 2.42. The minimum absolute atomic E-state index is 0.187. The summed E-state index contributed by atoms with van der Waals surface area (Å²) in [7, 11) is 1.42. The lowest BCUT2D eigenvalue weighted by molar-refractivity contribution is 0.178. The number of halogens is 1. The second-order valence-electron chi connectivity index (χ2n) is 5.11. The Balaban J connectivity index is 2.19. The van der Waals surface area contributed by atoms with Gasteiger partial charge < -0.3 is 9.84 Å². The maximum absolute atomic E-state index is 13.6. The van der Waals surface area contributed by atoms with Gasteiger partial charge in [0.1, 0.15) is 0 Å². The van der Waals surface area contributed by atoms with Crippen molar-refractivity contribution in [2.75, 3.05) is 7.11 Å². The van der Waals surface area contributed by atoms with Crippen molar-refractivity contribution in [2.45, 2.75) is 26.4 Å². The fraction of sp³-hybridized carbons (Fsp3) is 0.294. The highest BCUT2D eigenvalue weighted by molar-refractivity contribution is 5.33. The molecule has 2 aromatic carbocycles. The number of aliphatic hydroxyl groups excluding tert-OH is 1. The van der Waals surface area contributed by atoms with Gasteiger partial charge in [-0.05, 0) is 37.1 Å². The molecule has 0 aromatic heterocycles. The average molecular weight is 274 g/mol. The Morgan fingerprint density at radius 1 is 1.10 bits per heavy atom. The highest BCUT2D eigenvalue weighted by Gasteiger charge is 2.12. The van der Waals surface area contributed by atoms with E-state index in [1.54, 1.807) is 6.07 Å². The second kappa shape index (κ2) is 6.06. The molecule has 0 fully saturated rings. The van der Waals surface area contributed by atoms with Crippen LogP contribution >= 0.6 is 0 Å². The molecule has 0 aliphatic carbocycles. The first kappa shape index (κ1) is 14.5. The standard InChI is InChI=1S/C17H19FO2/c1-11-6-12(2)8-13(7-11)9-16(19)14-4-5-17(20-3)15(18)10-14/h4-8,10,16,19H,9H2,1-3H3. The van der Waals surface area contributed by atoms with Crippen LogP contribution in [0.2, 0.25) is 0 Å². The quantitative estimate of drug-likeness (QED) is 0.920. The normalized spacial score (nSPS) is 12.2. The Labute approximate surface area is 118 Å². The van der Waals surface area contributed by atoms with Crippen molar-refractivity contribution < 1.29 is 14.2 Å². The van der Waals surface area contributed by atoms with E-state index in [0.717, 1.165) is 16.7 Å². The van der Waals surface area contributed by atoms with Gasteiger partial charge in [-0.15, -0.1) is 0 Å². The van der Waals surface area contributed by atoms with Crippen LogP contribution in [0, 0.1) is 19.7 Å². The maximum atomic E-state index is 13.6. The van der Waals surface area contributed by atoms with Crippen molar-refractivity contribution in [1.29, 1.82) is 0 Å². The molecule has 0 amide bonds. The molecule has 3 heteroatoms. The first-order valence-corrected chi connectivity index (χ1v) is 6.58. The summed E-state index contributed by atoms with van der Waals surface area (Å²) in [6.07, 6.45) is -0.259. The summed E-state index contributed by atoms with van der Waals surface area (Å²) in [5.74, 6) is -0.267. The van der Waals surface area contributed by atoms with Gasteiger partial charge in [-0.1, -0.05) is 35.4 Å². The van der Waals surface area contributed by atoms with Gasteiger partial charge in [0.25, 0.3) is 0 Å². The molecule has 1 unspecified atom stereocenters. The summed E-state index contributed by atoms with van der Waals surface area (Å²) in [5, 5.41) is 10.2. The number of aliphatic hydroxyl groups is 1. The van der Waals surface area contributed by atoms with Crippen molar-refractivity contribution in [3.05, 3.63) is 64.5 Å². The van der Waals surface area contributed by atoms with Gasteiger partial charge in [-0.2, -0.15) is 0 Å². The van der Waals surface area contributed by atoms with Crippen LogP contribution in [0.5, 0.6) is 5.75 Å². The van der Waals surface area contributed by atoms with E-state index in [-0.39, 0.29) is 5.75 Å². The summed E-state index contributed by atoms with van der Waals surface area (Å²) in [5.41, 5.74) is 3.93. The van der Waals surface area contributed by atoms with E-state index in [0.29, 0.717) is 12.0 Å². The Hall–Kier alpha value is -1.87. The molecule has 2 nitrogen and oxygen atoms in total. The third-order valence-corrected chi connectivity index (χ3v) is 3.27. The molecule has 106 valence electrons. The van der Waals surface area contributed by atoms with E-state index in [1.165, 1.54) is 19.2 Å². The van der Waals surface area contributed by atoms with Crippen LogP contribution in [0.25, 0.3) is 0 Å². The van der Waals surface area contributed by atoms with Crippen LogP contribution < -0.4 is 4.74 Å². The van der Waals surface area contributed by atoms with Gasteiger partial charge in [0, 0.05) is 6.42 Å². The van der Waals surface area contributed by atoms with Gasteiger partial charge in [0.15, 0.2) is 11.6 Å². The number of rotatable bonds is 4. The van der Waals surface area contributed by atoms with Crippen LogP contribution in [-0.2, 0) is 6.42 Å². The van der Waals surface area contributed by atoms with E-state index in [4.69, 9.17) is 4.74 Å². The van der Waals surface area contributed by atoms with Crippen LogP contribution in [0.4, 0.5) is 4.39 Å². The molecule has 0 saturated heterocycles. The molecular formula is C17H19FO2. The van der Waals surface area contributed by atoms with E-state index < -0.39 is 11.9 Å². The van der Waals surface area contributed by atoms with Crippen molar-refractivity contribution in [3.63, 3.8) is 0 Å². The summed E-state index contributed by atoms with van der Waals surface area (Å²) in [6.45, 7) is 4.05. The Morgan fingerprint density at radius 2 is 1.75 bits per heavy atom. The smallest absolute Gasteiger partial charge is 0.165 e. The number of methoxy groups -OCH3 is 1. The van der Waals surface area contributed by atoms with Crippen LogP contribution in [0.3, 0.4) is 0 Å². The predicted molar refractivity (Wildman–Crippen MR) is 77.5 cm³/mol. The van der Waals surface area contributed by atoms with Gasteiger partial charge in [0.05, 0.1) is 13.2 Å². The monoisotopic (exact) mass is 274 g/mol. The third kappa shape index (κ3) is 3.36. The first-order valence-electron chi connectivity index (χ1n) is 6.58. The van der Waals surface area contributed by atoms with Crippen molar-refractivity contribution in [1.82, 2.24) is 0 Å². The van der Waals surface area contributed by atoms with Crippen molar-refractivity contribution in [2.24, 2.45) is 0 Å². The number of ether oxygens (including phenoxy) is 1. The minimum atomic E-state index is -0.725. The van der Waals surface area contributed by atoms with Crippen molar-refractivity contribution in [3.8, 4) is 5.75 Å². The average Bonchev–Trinajstić information content (AvgIpc) is 2.37. The molecule has 0 aliphatic heterocycles. The van der Waals surface area contributed by atoms with Gasteiger partial charge in [-0.25, -0.2) is 4.39 Å². The highest BCUT2D eigenvalue weighted by atomic mass is 19.1. The van der Waals surface area contributed by atoms with Gasteiger partial charge in [-0.3, -0.25) is 0 Å². The second-order valence-corrected chi connectivity index (χ2v) is 5.11. The zero-order valence-electron chi connectivity index (χ0n) is 12.0. The summed E-state index contributed by atoms with van der Waals surface area (Å²) >= 11 is 0. The van der Waals surface area contributed by atoms with Crippen LogP contribution in [0.15, 0.2) is 36.4 Å². The largest absolute Gasteiger partial charge is 0.494 e. The lowest BCUT2D eigenvalue weighted by atomic mass is 9.98. The lowest BCUT2D eigenvalue weighted by Gasteiger charge is -2.13. The van der Waals surface area contributed by atoms with E-state index in [1.807, 2.05) is 26.0 Å². The zero-order valence-corrected chi connectivity index (χ0v) is 12.0. The molecule has 0 radical (unpaired) electrons. The van der Waals surface area contributed by atoms with Gasteiger partial charge in [0.2, 0.25) is 0 Å². The third-order valence-electron chi connectivity index (χ3n) is 3.27. The molecule has 0 saturated carbocycles. The van der Waals surface area contributed by atoms with Crippen LogP contribution in [-0.4, -0.2) is 12.2 Å². The Kier molecular flexibility index (Phi) is 4.40. The maximum Gasteiger partial charge on any atom is 0.165 e. The summed E-state index contributed by atoms with van der Waals surface area (Å²) in [4.78, 5) is 0. The van der Waals surface area contributed by atoms with E-state index in [9.17, 15) is 9.50 Å². The molecule has 1 atom stereocenters.